The molecule has 0 spiro atoms. The van der Waals surface area contributed by atoms with Crippen LogP contribution in [0.2, 0.25) is 0 Å². The van der Waals surface area contributed by atoms with E-state index < -0.39 is 10.0 Å². The largest absolute Gasteiger partial charge is 0.381 e. The van der Waals surface area contributed by atoms with Gasteiger partial charge in [-0.3, -0.25) is 0 Å². The van der Waals surface area contributed by atoms with Gasteiger partial charge in [0.15, 0.2) is 0 Å². The van der Waals surface area contributed by atoms with Gasteiger partial charge in [-0.1, -0.05) is 38.3 Å². The van der Waals surface area contributed by atoms with Crippen LogP contribution in [0.3, 0.4) is 0 Å². The Morgan fingerprint density at radius 1 is 1.19 bits per heavy atom. The molecule has 1 aromatic rings. The summed E-state index contributed by atoms with van der Waals surface area (Å²) in [4.78, 5) is 0.371. The molecule has 1 aliphatic carbocycles. The second-order valence-corrected chi connectivity index (χ2v) is 8.11. The Bertz CT molecular complexity index is 569. The number of hydrogen-bond acceptors (Lipinski definition) is 3. The minimum Gasteiger partial charge on any atom is -0.381 e. The normalized spacial score (nSPS) is 23.2. The highest BCUT2D eigenvalue weighted by atomic mass is 32.2. The van der Waals surface area contributed by atoms with Gasteiger partial charge in [0.1, 0.15) is 4.90 Å². The summed E-state index contributed by atoms with van der Waals surface area (Å²) in [6.45, 7) is 2.22. The van der Waals surface area contributed by atoms with Crippen LogP contribution in [-0.4, -0.2) is 32.9 Å². The summed E-state index contributed by atoms with van der Waals surface area (Å²) >= 11 is 0. The lowest BCUT2D eigenvalue weighted by atomic mass is 9.83. The summed E-state index contributed by atoms with van der Waals surface area (Å²) in [5.74, 6) is 0.633. The first-order chi connectivity index (χ1) is 9.96. The van der Waals surface area contributed by atoms with Gasteiger partial charge in [-0.25, -0.2) is 12.7 Å². The molecule has 0 aliphatic heterocycles. The minimum absolute atomic E-state index is 0.371. The van der Waals surface area contributed by atoms with Crippen molar-refractivity contribution in [3.05, 3.63) is 24.3 Å². The maximum absolute atomic E-state index is 12.4. The van der Waals surface area contributed by atoms with Gasteiger partial charge in [0.25, 0.3) is 0 Å². The number of anilines is 1. The fourth-order valence-electron chi connectivity index (χ4n) is 3.09. The van der Waals surface area contributed by atoms with E-state index in [1.807, 2.05) is 12.1 Å². The van der Waals surface area contributed by atoms with Crippen molar-refractivity contribution in [2.45, 2.75) is 50.0 Å². The molecule has 1 aromatic carbocycles. The highest BCUT2D eigenvalue weighted by molar-refractivity contribution is 7.89. The van der Waals surface area contributed by atoms with Crippen LogP contribution in [0.4, 0.5) is 5.69 Å². The van der Waals surface area contributed by atoms with Crippen molar-refractivity contribution in [1.82, 2.24) is 4.31 Å². The summed E-state index contributed by atoms with van der Waals surface area (Å²) in [6, 6.07) is 7.60. The highest BCUT2D eigenvalue weighted by Gasteiger charge is 2.26. The van der Waals surface area contributed by atoms with E-state index in [0.29, 0.717) is 16.9 Å². The van der Waals surface area contributed by atoms with Crippen LogP contribution in [0, 0.1) is 5.92 Å². The molecule has 118 valence electrons. The molecule has 0 amide bonds. The van der Waals surface area contributed by atoms with Crippen molar-refractivity contribution >= 4 is 15.7 Å². The van der Waals surface area contributed by atoms with E-state index >= 15 is 0 Å². The second kappa shape index (κ2) is 6.79. The minimum atomic E-state index is -3.41. The van der Waals surface area contributed by atoms with Gasteiger partial charge in [0, 0.05) is 20.1 Å². The van der Waals surface area contributed by atoms with Crippen LogP contribution in [0.15, 0.2) is 29.2 Å². The summed E-state index contributed by atoms with van der Waals surface area (Å²) in [7, 11) is -0.270. The molecular weight excluding hydrogens is 284 g/mol. The molecule has 2 unspecified atom stereocenters. The summed E-state index contributed by atoms with van der Waals surface area (Å²) in [5, 5.41) is 3.51. The van der Waals surface area contributed by atoms with Crippen LogP contribution in [0.5, 0.6) is 0 Å². The van der Waals surface area contributed by atoms with E-state index in [0.717, 1.165) is 18.5 Å². The Balaban J connectivity index is 2.28. The van der Waals surface area contributed by atoms with E-state index in [9.17, 15) is 8.42 Å². The Kier molecular flexibility index (Phi) is 5.27. The van der Waals surface area contributed by atoms with Gasteiger partial charge in [0.2, 0.25) is 10.0 Å². The van der Waals surface area contributed by atoms with Crippen LogP contribution >= 0.6 is 0 Å². The van der Waals surface area contributed by atoms with E-state index in [2.05, 4.69) is 12.2 Å². The average Bonchev–Trinajstić information content (AvgIpc) is 2.48. The SMILES string of the molecule is CCC1CCCCC1Nc1ccccc1S(=O)(=O)N(C)C. The summed E-state index contributed by atoms with van der Waals surface area (Å²) in [6.07, 6.45) is 6.00. The Morgan fingerprint density at radius 3 is 2.52 bits per heavy atom. The van der Waals surface area contributed by atoms with E-state index in [-0.39, 0.29) is 0 Å². The lowest BCUT2D eigenvalue weighted by Gasteiger charge is -2.33. The van der Waals surface area contributed by atoms with Crippen molar-refractivity contribution < 1.29 is 8.42 Å². The number of nitrogens with zero attached hydrogens (tertiary/aromatic N) is 1. The molecule has 0 bridgehead atoms. The molecule has 1 aliphatic rings. The quantitative estimate of drug-likeness (QED) is 0.907. The summed E-state index contributed by atoms with van der Waals surface area (Å²) in [5.41, 5.74) is 0.733. The molecular formula is C16H26N2O2S. The second-order valence-electron chi connectivity index (χ2n) is 5.99. The van der Waals surface area contributed by atoms with Crippen molar-refractivity contribution in [3.8, 4) is 0 Å². The first-order valence-electron chi connectivity index (χ1n) is 7.75. The Hall–Kier alpha value is -1.07. The lowest BCUT2D eigenvalue weighted by Crippen LogP contribution is -2.33. The predicted octanol–water partition coefficient (Wildman–Crippen LogP) is 3.32. The molecule has 1 fully saturated rings. The zero-order valence-electron chi connectivity index (χ0n) is 13.2. The van der Waals surface area contributed by atoms with Gasteiger partial charge >= 0.3 is 0 Å². The molecule has 4 nitrogen and oxygen atoms in total. The third-order valence-corrected chi connectivity index (χ3v) is 6.29. The van der Waals surface area contributed by atoms with Gasteiger partial charge < -0.3 is 5.32 Å². The molecule has 0 aromatic heterocycles. The zero-order valence-corrected chi connectivity index (χ0v) is 14.0. The fraction of sp³-hybridized carbons (Fsp3) is 0.625. The first kappa shape index (κ1) is 16.3. The predicted molar refractivity (Wildman–Crippen MR) is 87.0 cm³/mol. The van der Waals surface area contributed by atoms with Crippen molar-refractivity contribution in [3.63, 3.8) is 0 Å². The van der Waals surface area contributed by atoms with Crippen LogP contribution in [-0.2, 0) is 10.0 Å². The molecule has 1 N–H and O–H groups in total. The topological polar surface area (TPSA) is 49.4 Å². The number of sulfonamides is 1. The Morgan fingerprint density at radius 2 is 1.86 bits per heavy atom. The van der Waals surface area contributed by atoms with Crippen molar-refractivity contribution in [2.24, 2.45) is 5.92 Å². The molecule has 5 heteroatoms. The van der Waals surface area contributed by atoms with E-state index in [4.69, 9.17) is 0 Å². The maximum Gasteiger partial charge on any atom is 0.244 e. The maximum atomic E-state index is 12.4. The van der Waals surface area contributed by atoms with Crippen molar-refractivity contribution in [1.29, 1.82) is 0 Å². The number of nitrogens with one attached hydrogen (secondary N) is 1. The number of rotatable bonds is 5. The highest BCUT2D eigenvalue weighted by Crippen LogP contribution is 2.31. The van der Waals surface area contributed by atoms with E-state index in [1.165, 1.54) is 23.6 Å². The molecule has 2 atom stereocenters. The molecule has 1 saturated carbocycles. The molecule has 0 radical (unpaired) electrons. The number of benzene rings is 1. The van der Waals surface area contributed by atoms with Gasteiger partial charge in [-0.2, -0.15) is 0 Å². The van der Waals surface area contributed by atoms with Crippen LogP contribution in [0.1, 0.15) is 39.0 Å². The average molecular weight is 310 g/mol. The van der Waals surface area contributed by atoms with Gasteiger partial charge in [-0.15, -0.1) is 0 Å². The molecule has 0 heterocycles. The van der Waals surface area contributed by atoms with Crippen LogP contribution in [0.25, 0.3) is 0 Å². The van der Waals surface area contributed by atoms with Crippen LogP contribution < -0.4 is 5.32 Å². The van der Waals surface area contributed by atoms with Crippen molar-refractivity contribution in [2.75, 3.05) is 19.4 Å². The van der Waals surface area contributed by atoms with Gasteiger partial charge in [-0.05, 0) is 30.9 Å². The fourth-order valence-corrected chi connectivity index (χ4v) is 4.14. The third-order valence-electron chi connectivity index (χ3n) is 4.42. The zero-order chi connectivity index (χ0) is 15.5. The molecule has 0 saturated heterocycles. The third kappa shape index (κ3) is 3.58. The first-order valence-corrected chi connectivity index (χ1v) is 9.19. The summed E-state index contributed by atoms with van der Waals surface area (Å²) < 4.78 is 26.1. The standard InChI is InChI=1S/C16H26N2O2S/c1-4-13-9-5-6-10-14(13)17-15-11-7-8-12-16(15)21(19,20)18(2)3/h7-8,11-14,17H,4-6,9-10H2,1-3H3. The Labute approximate surface area is 128 Å². The smallest absolute Gasteiger partial charge is 0.244 e. The lowest BCUT2D eigenvalue weighted by molar-refractivity contribution is 0.317. The molecule has 2 rings (SSSR count). The monoisotopic (exact) mass is 310 g/mol. The van der Waals surface area contributed by atoms with Gasteiger partial charge in [0.05, 0.1) is 5.69 Å². The number of para-hydroxylation sites is 1. The molecule has 21 heavy (non-hydrogen) atoms. The number of hydrogen-bond donors (Lipinski definition) is 1. The van der Waals surface area contributed by atoms with E-state index in [1.54, 1.807) is 26.2 Å².